The first-order valence-electron chi connectivity index (χ1n) is 4.28. The molecule has 1 rings (SSSR count). The van der Waals surface area contributed by atoms with Crippen molar-refractivity contribution in [3.63, 3.8) is 0 Å². The van der Waals surface area contributed by atoms with Crippen molar-refractivity contribution in [2.24, 2.45) is 11.1 Å². The predicted octanol–water partition coefficient (Wildman–Crippen LogP) is 1.03. The van der Waals surface area contributed by atoms with Crippen molar-refractivity contribution in [3.05, 3.63) is 0 Å². The molecule has 0 aromatic rings. The molecule has 0 aromatic heterocycles. The molecule has 3 N–H and O–H groups in total. The minimum absolute atomic E-state index is 0.176. The number of nitrogens with two attached hydrogens (primary N) is 1. The van der Waals surface area contributed by atoms with Crippen molar-refractivity contribution in [1.82, 2.24) is 0 Å². The van der Waals surface area contributed by atoms with E-state index in [2.05, 4.69) is 13.5 Å². The molecule has 3 heteroatoms. The molecule has 0 atom stereocenters. The van der Waals surface area contributed by atoms with Crippen LogP contribution in [0.25, 0.3) is 0 Å². The van der Waals surface area contributed by atoms with E-state index in [1.54, 1.807) is 0 Å². The second-order valence-corrected chi connectivity index (χ2v) is 3.81. The fourth-order valence-corrected chi connectivity index (χ4v) is 1.50. The van der Waals surface area contributed by atoms with Gasteiger partial charge in [0.05, 0.1) is 0 Å². The number of hydrogen-bond donors (Lipinski definition) is 2. The Labute approximate surface area is 74.2 Å². The Kier molecular flexibility index (Phi) is 4.87. The SMILES string of the molecule is C#N.CC1(CO)CCC(N)CC1. The number of hydrogen-bond acceptors (Lipinski definition) is 3. The van der Waals surface area contributed by atoms with E-state index >= 15 is 0 Å². The van der Waals surface area contributed by atoms with Crippen molar-refractivity contribution in [2.45, 2.75) is 38.6 Å². The summed E-state index contributed by atoms with van der Waals surface area (Å²) in [5.74, 6) is 0. The monoisotopic (exact) mass is 170 g/mol. The summed E-state index contributed by atoms with van der Waals surface area (Å²) in [6, 6.07) is 0.389. The lowest BCUT2D eigenvalue weighted by atomic mass is 9.75. The van der Waals surface area contributed by atoms with Crippen LogP contribution in [0.1, 0.15) is 32.6 Å². The molecule has 12 heavy (non-hydrogen) atoms. The zero-order valence-corrected chi connectivity index (χ0v) is 7.66. The van der Waals surface area contributed by atoms with Crippen molar-refractivity contribution >= 4 is 0 Å². The normalized spacial score (nSPS) is 34.9. The smallest absolute Gasteiger partial charge is 0.0484 e. The van der Waals surface area contributed by atoms with Crippen LogP contribution in [-0.4, -0.2) is 17.8 Å². The summed E-state index contributed by atoms with van der Waals surface area (Å²) in [5.41, 5.74) is 5.91. The Balaban J connectivity index is 0.000000561. The fourth-order valence-electron chi connectivity index (χ4n) is 1.50. The lowest BCUT2D eigenvalue weighted by Gasteiger charge is -2.34. The van der Waals surface area contributed by atoms with E-state index in [-0.39, 0.29) is 5.41 Å². The molecule has 0 aliphatic heterocycles. The summed E-state index contributed by atoms with van der Waals surface area (Å²) < 4.78 is 0. The standard InChI is InChI=1S/C8H17NO.CHN/c1-8(6-10)4-2-7(9)3-5-8;1-2/h7,10H,2-6,9H2,1H3;1H. The molecule has 3 nitrogen and oxygen atoms in total. The van der Waals surface area contributed by atoms with Crippen LogP contribution in [0, 0.1) is 17.2 Å². The van der Waals surface area contributed by atoms with Crippen molar-refractivity contribution in [1.29, 1.82) is 5.26 Å². The molecule has 0 bridgehead atoms. The molecule has 1 saturated carbocycles. The molecule has 0 unspecified atom stereocenters. The first-order chi connectivity index (χ1) is 5.66. The van der Waals surface area contributed by atoms with Crippen LogP contribution in [0.4, 0.5) is 0 Å². The first-order valence-corrected chi connectivity index (χ1v) is 4.28. The maximum atomic E-state index is 9.00. The lowest BCUT2D eigenvalue weighted by Crippen LogP contribution is -2.34. The number of rotatable bonds is 1. The summed E-state index contributed by atoms with van der Waals surface area (Å²) in [6.45, 7) is 5.96. The summed E-state index contributed by atoms with van der Waals surface area (Å²) in [4.78, 5) is 0. The summed E-state index contributed by atoms with van der Waals surface area (Å²) in [6.07, 6.45) is 4.34. The maximum absolute atomic E-state index is 9.00. The van der Waals surface area contributed by atoms with Crippen LogP contribution >= 0.6 is 0 Å². The average molecular weight is 170 g/mol. The molecule has 0 spiro atoms. The van der Waals surface area contributed by atoms with E-state index in [0.29, 0.717) is 12.6 Å². The Morgan fingerprint density at radius 1 is 1.50 bits per heavy atom. The van der Waals surface area contributed by atoms with Crippen LogP contribution in [0.15, 0.2) is 0 Å². The third-order valence-electron chi connectivity index (χ3n) is 2.62. The van der Waals surface area contributed by atoms with Crippen LogP contribution in [0.2, 0.25) is 0 Å². The Bertz CT molecular complexity index is 137. The highest BCUT2D eigenvalue weighted by Crippen LogP contribution is 2.34. The molecule has 0 saturated heterocycles. The van der Waals surface area contributed by atoms with E-state index in [9.17, 15) is 0 Å². The van der Waals surface area contributed by atoms with E-state index < -0.39 is 0 Å². The summed E-state index contributed by atoms with van der Waals surface area (Å²) >= 11 is 0. The number of nitriles is 1. The maximum Gasteiger partial charge on any atom is 0.0484 e. The van der Waals surface area contributed by atoms with Gasteiger partial charge in [-0.05, 0) is 31.1 Å². The van der Waals surface area contributed by atoms with E-state index in [4.69, 9.17) is 16.1 Å². The Hall–Kier alpha value is -0.590. The van der Waals surface area contributed by atoms with Gasteiger partial charge in [-0.25, -0.2) is 5.26 Å². The van der Waals surface area contributed by atoms with Crippen LogP contribution in [0.3, 0.4) is 0 Å². The molecule has 0 aromatic carbocycles. The van der Waals surface area contributed by atoms with Gasteiger partial charge < -0.3 is 10.8 Å². The average Bonchev–Trinajstić information content (AvgIpc) is 2.14. The molecule has 70 valence electrons. The van der Waals surface area contributed by atoms with Gasteiger partial charge >= 0.3 is 0 Å². The molecule has 0 amide bonds. The van der Waals surface area contributed by atoms with Crippen molar-refractivity contribution in [2.75, 3.05) is 6.61 Å². The third kappa shape index (κ3) is 3.21. The lowest BCUT2D eigenvalue weighted by molar-refractivity contribution is 0.0942. The molecular formula is C9H18N2O. The van der Waals surface area contributed by atoms with Gasteiger partial charge in [0.1, 0.15) is 0 Å². The van der Waals surface area contributed by atoms with E-state index in [0.717, 1.165) is 25.7 Å². The fraction of sp³-hybridized carbons (Fsp3) is 0.889. The van der Waals surface area contributed by atoms with Gasteiger partial charge in [0.15, 0.2) is 0 Å². The molecule has 1 aliphatic rings. The van der Waals surface area contributed by atoms with Gasteiger partial charge in [-0.1, -0.05) is 6.92 Å². The van der Waals surface area contributed by atoms with E-state index in [1.807, 2.05) is 0 Å². The second kappa shape index (κ2) is 5.13. The number of nitrogens with zero attached hydrogens (tertiary/aromatic N) is 1. The van der Waals surface area contributed by atoms with Gasteiger partial charge in [-0.2, -0.15) is 0 Å². The molecule has 1 fully saturated rings. The summed E-state index contributed by atoms with van der Waals surface area (Å²) in [7, 11) is 0. The van der Waals surface area contributed by atoms with Gasteiger partial charge in [-0.3, -0.25) is 0 Å². The van der Waals surface area contributed by atoms with Gasteiger partial charge in [0.2, 0.25) is 0 Å². The van der Waals surface area contributed by atoms with Gasteiger partial charge in [0.25, 0.3) is 0 Å². The van der Waals surface area contributed by atoms with Crippen molar-refractivity contribution in [3.8, 4) is 6.57 Å². The topological polar surface area (TPSA) is 70.0 Å². The number of aliphatic hydroxyl groups excluding tert-OH is 1. The molecule has 0 radical (unpaired) electrons. The van der Waals surface area contributed by atoms with E-state index in [1.165, 1.54) is 0 Å². The predicted molar refractivity (Wildman–Crippen MR) is 48.3 cm³/mol. The highest BCUT2D eigenvalue weighted by molar-refractivity contribution is 4.82. The highest BCUT2D eigenvalue weighted by atomic mass is 16.3. The van der Waals surface area contributed by atoms with Gasteiger partial charge in [0, 0.05) is 19.2 Å². The van der Waals surface area contributed by atoms with Crippen LogP contribution in [-0.2, 0) is 0 Å². The number of aliphatic hydroxyl groups is 1. The summed E-state index contributed by atoms with van der Waals surface area (Å²) in [5, 5.41) is 15.5. The largest absolute Gasteiger partial charge is 0.396 e. The zero-order valence-electron chi connectivity index (χ0n) is 7.66. The minimum atomic E-state index is 0.176. The first kappa shape index (κ1) is 11.4. The third-order valence-corrected chi connectivity index (χ3v) is 2.62. The van der Waals surface area contributed by atoms with Crippen LogP contribution in [0.5, 0.6) is 0 Å². The van der Waals surface area contributed by atoms with Crippen molar-refractivity contribution < 1.29 is 5.11 Å². The molecular weight excluding hydrogens is 152 g/mol. The zero-order chi connectivity index (χ0) is 9.61. The Morgan fingerprint density at radius 2 is 1.92 bits per heavy atom. The molecule has 0 heterocycles. The quantitative estimate of drug-likeness (QED) is 0.617. The Morgan fingerprint density at radius 3 is 2.25 bits per heavy atom. The molecule has 1 aliphatic carbocycles. The minimum Gasteiger partial charge on any atom is -0.396 e. The second-order valence-electron chi connectivity index (χ2n) is 3.81. The van der Waals surface area contributed by atoms with Crippen LogP contribution < -0.4 is 5.73 Å². The van der Waals surface area contributed by atoms with Gasteiger partial charge in [-0.15, -0.1) is 0 Å². The highest BCUT2D eigenvalue weighted by Gasteiger charge is 2.28.